The van der Waals surface area contributed by atoms with Crippen molar-refractivity contribution in [2.24, 2.45) is 0 Å². The molecule has 134 valence electrons. The summed E-state index contributed by atoms with van der Waals surface area (Å²) in [4.78, 5) is 22.2. The second kappa shape index (κ2) is 11.6. The van der Waals surface area contributed by atoms with E-state index in [0.717, 1.165) is 5.56 Å². The number of halogens is 1. The fourth-order valence-corrected chi connectivity index (χ4v) is 1.72. The fourth-order valence-electron chi connectivity index (χ4n) is 1.72. The topological polar surface area (TPSA) is 67.4 Å². The van der Waals surface area contributed by atoms with Crippen LogP contribution in [0.5, 0.6) is 5.75 Å². The average Bonchev–Trinajstić information content (AvgIpc) is 2.61. The molecule has 0 aromatic heterocycles. The third-order valence-corrected chi connectivity index (χ3v) is 2.98. The number of carbonyl (C=O) groups excluding carboxylic acids is 2. The zero-order valence-corrected chi connectivity index (χ0v) is 14.4. The summed E-state index contributed by atoms with van der Waals surface area (Å²) in [5.41, 5.74) is 0.902. The molecule has 0 heterocycles. The van der Waals surface area contributed by atoms with Crippen molar-refractivity contribution < 1.29 is 18.7 Å². The molecule has 0 atom stereocenters. The summed E-state index contributed by atoms with van der Waals surface area (Å²) in [5.74, 6) is -0.195. The number of ether oxygens (including phenoxy) is 1. The molecular weight excluding hydrogens is 323 g/mol. The van der Waals surface area contributed by atoms with Gasteiger partial charge in [-0.1, -0.05) is 24.3 Å². The molecule has 0 fully saturated rings. The average molecular weight is 346 g/mol. The normalized spacial score (nSPS) is 11.7. The van der Waals surface area contributed by atoms with Crippen molar-refractivity contribution in [2.75, 3.05) is 13.2 Å². The molecule has 0 aliphatic rings. The smallest absolute Gasteiger partial charge is 0.239 e. The van der Waals surface area contributed by atoms with Gasteiger partial charge >= 0.3 is 0 Å². The lowest BCUT2D eigenvalue weighted by molar-refractivity contribution is -0.125. The summed E-state index contributed by atoms with van der Waals surface area (Å²) >= 11 is 0. The standard InChI is InChI=1S/C19H23FN2O3/c1-3-4-6-17(20)7-5-12-25-18-10-8-16(9-11-18)13-22-19(24)14-21-15(2)23/h3-11H,12-14H2,1-2H3,(H,21,23)(H,22,24)/b4-3-,7-5+,17-6+. The summed E-state index contributed by atoms with van der Waals surface area (Å²) < 4.78 is 18.7. The molecule has 0 radical (unpaired) electrons. The van der Waals surface area contributed by atoms with Crippen LogP contribution in [0, 0.1) is 0 Å². The van der Waals surface area contributed by atoms with Gasteiger partial charge in [-0.3, -0.25) is 9.59 Å². The van der Waals surface area contributed by atoms with E-state index in [2.05, 4.69) is 10.6 Å². The van der Waals surface area contributed by atoms with Crippen molar-refractivity contribution in [1.29, 1.82) is 0 Å². The van der Waals surface area contributed by atoms with Crippen LogP contribution >= 0.6 is 0 Å². The zero-order chi connectivity index (χ0) is 18.5. The molecule has 0 saturated carbocycles. The molecular formula is C19H23FN2O3. The molecule has 0 bridgehead atoms. The van der Waals surface area contributed by atoms with Gasteiger partial charge in [0.2, 0.25) is 11.8 Å². The Balaban J connectivity index is 2.35. The fraction of sp³-hybridized carbons (Fsp3) is 0.263. The molecule has 25 heavy (non-hydrogen) atoms. The molecule has 0 spiro atoms. The lowest BCUT2D eigenvalue weighted by atomic mass is 10.2. The first-order valence-electron chi connectivity index (χ1n) is 7.89. The van der Waals surface area contributed by atoms with E-state index in [9.17, 15) is 14.0 Å². The molecule has 6 heteroatoms. The van der Waals surface area contributed by atoms with Gasteiger partial charge in [-0.15, -0.1) is 0 Å². The number of amides is 2. The summed E-state index contributed by atoms with van der Waals surface area (Å²) in [6.07, 6.45) is 7.66. The Labute approximate surface area is 147 Å². The van der Waals surface area contributed by atoms with E-state index >= 15 is 0 Å². The highest BCUT2D eigenvalue weighted by molar-refractivity contribution is 5.83. The van der Waals surface area contributed by atoms with Gasteiger partial charge < -0.3 is 15.4 Å². The Bertz CT molecular complexity index is 649. The molecule has 2 amide bonds. The van der Waals surface area contributed by atoms with E-state index < -0.39 is 0 Å². The molecule has 0 saturated heterocycles. The molecule has 1 aromatic carbocycles. The molecule has 0 aliphatic heterocycles. The van der Waals surface area contributed by atoms with Crippen LogP contribution in [0.25, 0.3) is 0 Å². The van der Waals surface area contributed by atoms with Crippen LogP contribution in [-0.2, 0) is 16.1 Å². The SMILES string of the molecule is C\C=C/C=C(F)\C=C\COc1ccc(CNC(=O)CNC(C)=O)cc1. The minimum atomic E-state index is -0.341. The van der Waals surface area contributed by atoms with Crippen LogP contribution in [0.3, 0.4) is 0 Å². The number of carbonyl (C=O) groups is 2. The highest BCUT2D eigenvalue weighted by atomic mass is 19.1. The minimum absolute atomic E-state index is 0.0398. The van der Waals surface area contributed by atoms with Gasteiger partial charge in [0.15, 0.2) is 0 Å². The van der Waals surface area contributed by atoms with Gasteiger partial charge in [0.1, 0.15) is 18.2 Å². The summed E-state index contributed by atoms with van der Waals surface area (Å²) in [7, 11) is 0. The molecule has 2 N–H and O–H groups in total. The van der Waals surface area contributed by atoms with Crippen molar-refractivity contribution in [3.8, 4) is 5.75 Å². The minimum Gasteiger partial charge on any atom is -0.490 e. The molecule has 5 nitrogen and oxygen atoms in total. The third kappa shape index (κ3) is 9.76. The summed E-state index contributed by atoms with van der Waals surface area (Å²) in [6.45, 7) is 3.74. The Morgan fingerprint density at radius 2 is 1.92 bits per heavy atom. The van der Waals surface area contributed by atoms with Gasteiger partial charge in [-0.05, 0) is 42.8 Å². The second-order valence-electron chi connectivity index (χ2n) is 5.12. The van der Waals surface area contributed by atoms with E-state index in [-0.39, 0.29) is 30.8 Å². The van der Waals surface area contributed by atoms with Crippen molar-refractivity contribution in [3.63, 3.8) is 0 Å². The summed E-state index contributed by atoms with van der Waals surface area (Å²) in [6, 6.07) is 7.19. The van der Waals surface area contributed by atoms with Crippen LogP contribution in [-0.4, -0.2) is 25.0 Å². The predicted molar refractivity (Wildman–Crippen MR) is 95.6 cm³/mol. The van der Waals surface area contributed by atoms with Crippen molar-refractivity contribution in [3.05, 3.63) is 66.0 Å². The Morgan fingerprint density at radius 3 is 2.56 bits per heavy atom. The Hall–Kier alpha value is -2.89. The van der Waals surface area contributed by atoms with E-state index in [0.29, 0.717) is 12.3 Å². The van der Waals surface area contributed by atoms with Gasteiger partial charge in [0, 0.05) is 13.5 Å². The number of rotatable bonds is 9. The number of hydrogen-bond donors (Lipinski definition) is 2. The monoisotopic (exact) mass is 346 g/mol. The lowest BCUT2D eigenvalue weighted by Crippen LogP contribution is -2.35. The number of hydrogen-bond acceptors (Lipinski definition) is 3. The summed E-state index contributed by atoms with van der Waals surface area (Å²) in [5, 5.41) is 5.12. The first-order chi connectivity index (χ1) is 12.0. The van der Waals surface area contributed by atoms with E-state index in [4.69, 9.17) is 4.74 Å². The third-order valence-electron chi connectivity index (χ3n) is 2.98. The van der Waals surface area contributed by atoms with Crippen LogP contribution in [0.4, 0.5) is 4.39 Å². The maximum atomic E-state index is 13.2. The van der Waals surface area contributed by atoms with Crippen molar-refractivity contribution in [1.82, 2.24) is 10.6 Å². The van der Waals surface area contributed by atoms with E-state index in [1.165, 1.54) is 19.1 Å². The van der Waals surface area contributed by atoms with Gasteiger partial charge in [0.05, 0.1) is 6.54 Å². The Kier molecular flexibility index (Phi) is 9.36. The lowest BCUT2D eigenvalue weighted by Gasteiger charge is -2.07. The first-order valence-corrected chi connectivity index (χ1v) is 7.89. The predicted octanol–water partition coefficient (Wildman–Crippen LogP) is 2.80. The zero-order valence-electron chi connectivity index (χ0n) is 14.4. The highest BCUT2D eigenvalue weighted by Gasteiger charge is 2.02. The van der Waals surface area contributed by atoms with E-state index in [1.807, 2.05) is 19.1 Å². The first kappa shape index (κ1) is 20.2. The Morgan fingerprint density at radius 1 is 1.20 bits per heavy atom. The molecule has 0 aliphatic carbocycles. The van der Waals surface area contributed by atoms with Crippen LogP contribution in [0.15, 0.2) is 60.5 Å². The van der Waals surface area contributed by atoms with Crippen LogP contribution in [0.2, 0.25) is 0 Å². The van der Waals surface area contributed by atoms with Gasteiger partial charge in [-0.25, -0.2) is 4.39 Å². The quantitative estimate of drug-likeness (QED) is 0.676. The van der Waals surface area contributed by atoms with Crippen LogP contribution < -0.4 is 15.4 Å². The maximum absolute atomic E-state index is 13.2. The van der Waals surface area contributed by atoms with Crippen molar-refractivity contribution >= 4 is 11.8 Å². The number of benzene rings is 1. The van der Waals surface area contributed by atoms with Gasteiger partial charge in [0.25, 0.3) is 0 Å². The highest BCUT2D eigenvalue weighted by Crippen LogP contribution is 2.12. The van der Waals surface area contributed by atoms with Crippen LogP contribution in [0.1, 0.15) is 19.4 Å². The van der Waals surface area contributed by atoms with Crippen molar-refractivity contribution in [2.45, 2.75) is 20.4 Å². The molecule has 1 aromatic rings. The molecule has 0 unspecified atom stereocenters. The number of allylic oxidation sites excluding steroid dienone is 5. The van der Waals surface area contributed by atoms with Gasteiger partial charge in [-0.2, -0.15) is 0 Å². The number of nitrogens with one attached hydrogen (secondary N) is 2. The molecule has 1 rings (SSSR count). The maximum Gasteiger partial charge on any atom is 0.239 e. The van der Waals surface area contributed by atoms with E-state index in [1.54, 1.807) is 30.4 Å². The second-order valence-corrected chi connectivity index (χ2v) is 5.12. The largest absolute Gasteiger partial charge is 0.490 e.